The van der Waals surface area contributed by atoms with Crippen molar-refractivity contribution in [3.63, 3.8) is 0 Å². The van der Waals surface area contributed by atoms with Crippen LogP contribution in [0.4, 0.5) is 5.69 Å². The van der Waals surface area contributed by atoms with Gasteiger partial charge in [-0.15, -0.1) is 0 Å². The predicted molar refractivity (Wildman–Crippen MR) is 65.1 cm³/mol. The van der Waals surface area contributed by atoms with Crippen molar-refractivity contribution in [2.45, 2.75) is 13.8 Å². The van der Waals surface area contributed by atoms with Gasteiger partial charge in [-0.2, -0.15) is 0 Å². The number of carbonyl (C=O) groups excluding carboxylic acids is 1. The van der Waals surface area contributed by atoms with Crippen molar-refractivity contribution in [2.75, 3.05) is 5.32 Å². The summed E-state index contributed by atoms with van der Waals surface area (Å²) in [6.07, 6.45) is 7.86. The summed E-state index contributed by atoms with van der Waals surface area (Å²) in [5.74, 6) is -1.44. The maximum atomic E-state index is 11.4. The SMILES string of the molecule is C/C=C/C=CC(=O)Nc1c[nH]c(C)c1C(=O)O. The van der Waals surface area contributed by atoms with E-state index in [4.69, 9.17) is 5.11 Å². The fourth-order valence-corrected chi connectivity index (χ4v) is 1.33. The Hall–Kier alpha value is -2.30. The number of aromatic nitrogens is 1. The lowest BCUT2D eigenvalue weighted by Crippen LogP contribution is -2.10. The molecule has 0 aliphatic carbocycles. The summed E-state index contributed by atoms with van der Waals surface area (Å²) in [5, 5.41) is 11.5. The summed E-state index contributed by atoms with van der Waals surface area (Å²) in [4.78, 5) is 25.1. The van der Waals surface area contributed by atoms with Crippen LogP contribution in [0.2, 0.25) is 0 Å². The third kappa shape index (κ3) is 3.34. The van der Waals surface area contributed by atoms with Crippen molar-refractivity contribution in [1.82, 2.24) is 4.98 Å². The summed E-state index contributed by atoms with van der Waals surface area (Å²) < 4.78 is 0. The normalized spacial score (nSPS) is 11.2. The second-order valence-electron chi connectivity index (χ2n) is 3.38. The van der Waals surface area contributed by atoms with E-state index in [2.05, 4.69) is 10.3 Å². The average Bonchev–Trinajstić information content (AvgIpc) is 2.60. The zero-order valence-electron chi connectivity index (χ0n) is 9.65. The maximum absolute atomic E-state index is 11.4. The molecule has 0 saturated carbocycles. The van der Waals surface area contributed by atoms with Gasteiger partial charge in [0.25, 0.3) is 0 Å². The number of rotatable bonds is 4. The highest BCUT2D eigenvalue weighted by molar-refractivity contribution is 6.05. The number of hydrogen-bond acceptors (Lipinski definition) is 2. The van der Waals surface area contributed by atoms with Gasteiger partial charge in [0.2, 0.25) is 5.91 Å². The van der Waals surface area contributed by atoms with Gasteiger partial charge in [-0.3, -0.25) is 4.79 Å². The Labute approximate surface area is 98.8 Å². The van der Waals surface area contributed by atoms with Gasteiger partial charge in [0.15, 0.2) is 0 Å². The van der Waals surface area contributed by atoms with E-state index < -0.39 is 5.97 Å². The molecular weight excluding hydrogens is 220 g/mol. The van der Waals surface area contributed by atoms with Crippen LogP contribution >= 0.6 is 0 Å². The van der Waals surface area contributed by atoms with E-state index >= 15 is 0 Å². The summed E-state index contributed by atoms with van der Waals surface area (Å²) in [6.45, 7) is 3.47. The van der Waals surface area contributed by atoms with Gasteiger partial charge >= 0.3 is 5.97 Å². The number of aryl methyl sites for hydroxylation is 1. The van der Waals surface area contributed by atoms with E-state index in [0.717, 1.165) is 0 Å². The molecule has 0 saturated heterocycles. The summed E-state index contributed by atoms with van der Waals surface area (Å²) in [6, 6.07) is 0. The molecule has 1 amide bonds. The van der Waals surface area contributed by atoms with E-state index in [9.17, 15) is 9.59 Å². The molecule has 0 fully saturated rings. The van der Waals surface area contributed by atoms with Crippen LogP contribution in [0, 0.1) is 6.92 Å². The Bertz CT molecular complexity index is 484. The Balaban J connectivity index is 2.82. The van der Waals surface area contributed by atoms with E-state index in [1.165, 1.54) is 12.3 Å². The lowest BCUT2D eigenvalue weighted by molar-refractivity contribution is -0.111. The Morgan fingerprint density at radius 2 is 2.12 bits per heavy atom. The third-order valence-corrected chi connectivity index (χ3v) is 2.10. The Morgan fingerprint density at radius 3 is 2.71 bits per heavy atom. The number of aromatic amines is 1. The third-order valence-electron chi connectivity index (χ3n) is 2.10. The molecule has 3 N–H and O–H groups in total. The van der Waals surface area contributed by atoms with E-state index in [-0.39, 0.29) is 17.2 Å². The smallest absolute Gasteiger partial charge is 0.339 e. The molecule has 1 aromatic rings. The number of hydrogen-bond donors (Lipinski definition) is 3. The number of nitrogens with one attached hydrogen (secondary N) is 2. The Kier molecular flexibility index (Phi) is 4.28. The molecule has 0 aliphatic heterocycles. The van der Waals surface area contributed by atoms with E-state index in [1.54, 1.807) is 25.2 Å². The minimum absolute atomic E-state index is 0.0813. The van der Waals surface area contributed by atoms with Gasteiger partial charge in [0.05, 0.1) is 5.69 Å². The molecule has 1 heterocycles. The van der Waals surface area contributed by atoms with Crippen molar-refractivity contribution in [3.8, 4) is 0 Å². The summed E-state index contributed by atoms with van der Waals surface area (Å²) in [7, 11) is 0. The highest BCUT2D eigenvalue weighted by Gasteiger charge is 2.15. The van der Waals surface area contributed by atoms with E-state index in [0.29, 0.717) is 5.69 Å². The zero-order valence-corrected chi connectivity index (χ0v) is 9.65. The molecule has 0 aromatic carbocycles. The fraction of sp³-hybridized carbons (Fsp3) is 0.167. The van der Waals surface area contributed by atoms with Gasteiger partial charge in [0, 0.05) is 18.0 Å². The number of carboxylic acids is 1. The van der Waals surface area contributed by atoms with Gasteiger partial charge in [-0.25, -0.2) is 4.79 Å². The largest absolute Gasteiger partial charge is 0.478 e. The Morgan fingerprint density at radius 1 is 1.41 bits per heavy atom. The van der Waals surface area contributed by atoms with Crippen LogP contribution in [-0.4, -0.2) is 22.0 Å². The van der Waals surface area contributed by atoms with E-state index in [1.807, 2.05) is 6.92 Å². The van der Waals surface area contributed by atoms with Gasteiger partial charge in [0.1, 0.15) is 5.56 Å². The molecule has 1 rings (SSSR count). The lowest BCUT2D eigenvalue weighted by Gasteiger charge is -2.00. The summed E-state index contributed by atoms with van der Waals surface area (Å²) in [5.41, 5.74) is 0.855. The molecule has 90 valence electrons. The number of carboxylic acid groups (broad SMARTS) is 1. The molecule has 0 unspecified atom stereocenters. The number of anilines is 1. The van der Waals surface area contributed by atoms with Crippen LogP contribution in [0.1, 0.15) is 23.0 Å². The predicted octanol–water partition coefficient (Wildman–Crippen LogP) is 2.09. The number of allylic oxidation sites excluding steroid dienone is 3. The van der Waals surface area contributed by atoms with Gasteiger partial charge < -0.3 is 15.4 Å². The van der Waals surface area contributed by atoms with Crippen LogP contribution in [-0.2, 0) is 4.79 Å². The standard InChI is InChI=1S/C12H14N2O3/c1-3-4-5-6-10(15)14-9-7-13-8(2)11(9)12(16)17/h3-7,13H,1-2H3,(H,14,15)(H,16,17)/b4-3+,6-5?. The van der Waals surface area contributed by atoms with Crippen molar-refractivity contribution in [2.24, 2.45) is 0 Å². The summed E-state index contributed by atoms with van der Waals surface area (Å²) >= 11 is 0. The second-order valence-corrected chi connectivity index (χ2v) is 3.38. The first-order valence-electron chi connectivity index (χ1n) is 5.08. The highest BCUT2D eigenvalue weighted by Crippen LogP contribution is 2.18. The number of amides is 1. The second kappa shape index (κ2) is 5.69. The van der Waals surface area contributed by atoms with Crippen LogP contribution in [0.15, 0.2) is 30.5 Å². The molecule has 17 heavy (non-hydrogen) atoms. The molecule has 0 aliphatic rings. The van der Waals surface area contributed by atoms with Crippen LogP contribution in [0.5, 0.6) is 0 Å². The minimum atomic E-state index is -1.07. The topological polar surface area (TPSA) is 82.2 Å². The minimum Gasteiger partial charge on any atom is -0.478 e. The lowest BCUT2D eigenvalue weighted by atomic mass is 10.2. The molecular formula is C12H14N2O3. The number of aromatic carboxylic acids is 1. The quantitative estimate of drug-likeness (QED) is 0.551. The molecule has 0 atom stereocenters. The highest BCUT2D eigenvalue weighted by atomic mass is 16.4. The molecule has 5 nitrogen and oxygen atoms in total. The molecule has 0 bridgehead atoms. The first-order valence-corrected chi connectivity index (χ1v) is 5.08. The maximum Gasteiger partial charge on any atom is 0.339 e. The molecule has 0 spiro atoms. The molecule has 5 heteroatoms. The van der Waals surface area contributed by atoms with Crippen LogP contribution < -0.4 is 5.32 Å². The zero-order chi connectivity index (χ0) is 12.8. The van der Waals surface area contributed by atoms with Crippen molar-refractivity contribution < 1.29 is 14.7 Å². The van der Waals surface area contributed by atoms with Gasteiger partial charge in [-0.05, 0) is 13.8 Å². The number of carbonyl (C=O) groups is 2. The molecule has 0 radical (unpaired) electrons. The number of H-pyrrole nitrogens is 1. The first-order chi connectivity index (χ1) is 8.06. The molecule has 1 aromatic heterocycles. The monoisotopic (exact) mass is 234 g/mol. The van der Waals surface area contributed by atoms with Gasteiger partial charge in [-0.1, -0.05) is 18.2 Å². The average molecular weight is 234 g/mol. The van der Waals surface area contributed by atoms with Crippen LogP contribution in [0.3, 0.4) is 0 Å². The van der Waals surface area contributed by atoms with Crippen molar-refractivity contribution in [1.29, 1.82) is 0 Å². The fourth-order valence-electron chi connectivity index (χ4n) is 1.33. The van der Waals surface area contributed by atoms with Crippen LogP contribution in [0.25, 0.3) is 0 Å². The first kappa shape index (κ1) is 12.8. The van der Waals surface area contributed by atoms with Crippen molar-refractivity contribution in [3.05, 3.63) is 41.8 Å². The van der Waals surface area contributed by atoms with Crippen molar-refractivity contribution >= 4 is 17.6 Å².